The Hall–Kier alpha value is -1.58. The fourth-order valence-electron chi connectivity index (χ4n) is 2.50. The summed E-state index contributed by atoms with van der Waals surface area (Å²) >= 11 is 0. The van der Waals surface area contributed by atoms with Gasteiger partial charge in [-0.05, 0) is 25.0 Å². The molecule has 1 aromatic rings. The molecule has 0 aromatic heterocycles. The van der Waals surface area contributed by atoms with Crippen LogP contribution in [0.4, 0.5) is 10.1 Å². The molecule has 1 atom stereocenters. The van der Waals surface area contributed by atoms with E-state index in [1.807, 2.05) is 0 Å². The van der Waals surface area contributed by atoms with Gasteiger partial charge in [0.25, 0.3) is 5.69 Å². The van der Waals surface area contributed by atoms with E-state index in [2.05, 4.69) is 0 Å². The maximum absolute atomic E-state index is 13.1. The zero-order valence-electron chi connectivity index (χ0n) is 11.2. The van der Waals surface area contributed by atoms with Gasteiger partial charge in [-0.2, -0.15) is 4.31 Å². The summed E-state index contributed by atoms with van der Waals surface area (Å²) in [5.41, 5.74) is 4.84. The van der Waals surface area contributed by atoms with Crippen LogP contribution in [0.5, 0.6) is 0 Å². The van der Waals surface area contributed by atoms with Crippen LogP contribution in [0, 0.1) is 15.9 Å². The molecule has 2 rings (SSSR count). The fraction of sp³-hybridized carbons (Fsp3) is 0.500. The summed E-state index contributed by atoms with van der Waals surface area (Å²) in [7, 11) is -4.07. The van der Waals surface area contributed by atoms with Gasteiger partial charge in [0.1, 0.15) is 5.82 Å². The van der Waals surface area contributed by atoms with Crippen molar-refractivity contribution in [3.05, 3.63) is 34.1 Å². The van der Waals surface area contributed by atoms with Gasteiger partial charge in [0.15, 0.2) is 4.90 Å². The number of rotatable bonds is 4. The number of nitrogens with zero attached hydrogens (tertiary/aromatic N) is 2. The van der Waals surface area contributed by atoms with Crippen molar-refractivity contribution in [3.63, 3.8) is 0 Å². The highest BCUT2D eigenvalue weighted by Gasteiger charge is 2.36. The summed E-state index contributed by atoms with van der Waals surface area (Å²) in [5.74, 6) is -0.852. The van der Waals surface area contributed by atoms with E-state index in [9.17, 15) is 22.9 Å². The zero-order valence-corrected chi connectivity index (χ0v) is 12.1. The van der Waals surface area contributed by atoms with Crippen LogP contribution in [-0.4, -0.2) is 36.8 Å². The molecule has 1 aromatic carbocycles. The molecule has 1 aliphatic rings. The number of nitro groups is 1. The Morgan fingerprint density at radius 3 is 2.76 bits per heavy atom. The molecule has 1 saturated heterocycles. The van der Waals surface area contributed by atoms with E-state index in [1.165, 1.54) is 4.31 Å². The first-order valence-corrected chi connectivity index (χ1v) is 7.98. The molecule has 1 fully saturated rings. The van der Waals surface area contributed by atoms with Gasteiger partial charge in [-0.3, -0.25) is 10.1 Å². The summed E-state index contributed by atoms with van der Waals surface area (Å²) in [5, 5.41) is 11.0. The van der Waals surface area contributed by atoms with Gasteiger partial charge in [0, 0.05) is 19.1 Å². The summed E-state index contributed by atoms with van der Waals surface area (Å²) in [6.45, 7) is 0.410. The van der Waals surface area contributed by atoms with Crippen molar-refractivity contribution in [1.29, 1.82) is 0 Å². The highest BCUT2D eigenvalue weighted by atomic mass is 32.2. The quantitative estimate of drug-likeness (QED) is 0.664. The van der Waals surface area contributed by atoms with Crippen molar-refractivity contribution in [3.8, 4) is 0 Å². The van der Waals surface area contributed by atoms with Gasteiger partial charge in [-0.15, -0.1) is 0 Å². The topological polar surface area (TPSA) is 107 Å². The summed E-state index contributed by atoms with van der Waals surface area (Å²) in [6.07, 6.45) is 2.15. The van der Waals surface area contributed by atoms with Crippen LogP contribution < -0.4 is 5.73 Å². The van der Waals surface area contributed by atoms with Crippen molar-refractivity contribution >= 4 is 15.7 Å². The Morgan fingerprint density at radius 1 is 1.43 bits per heavy atom. The lowest BCUT2D eigenvalue weighted by atomic mass is 10.1. The lowest BCUT2D eigenvalue weighted by molar-refractivity contribution is -0.388. The van der Waals surface area contributed by atoms with Crippen LogP contribution in [0.3, 0.4) is 0 Å². The Morgan fingerprint density at radius 2 is 2.14 bits per heavy atom. The first-order valence-electron chi connectivity index (χ1n) is 6.53. The Labute approximate surface area is 121 Å². The van der Waals surface area contributed by atoms with Crippen LogP contribution in [-0.2, 0) is 10.0 Å². The standard InChI is InChI=1S/C12H16FN3O4S/c13-9-4-5-12(11(7-9)16(17)18)21(19,20)15-6-2-1-3-10(15)8-14/h4-5,7,10H,1-3,6,8,14H2. The van der Waals surface area contributed by atoms with Gasteiger partial charge < -0.3 is 5.73 Å². The highest BCUT2D eigenvalue weighted by Crippen LogP contribution is 2.31. The molecule has 0 amide bonds. The first kappa shape index (κ1) is 15.8. The third kappa shape index (κ3) is 3.04. The minimum absolute atomic E-state index is 0.147. The Kier molecular flexibility index (Phi) is 4.55. The van der Waals surface area contributed by atoms with Crippen LogP contribution in [0.1, 0.15) is 19.3 Å². The second-order valence-corrected chi connectivity index (χ2v) is 6.73. The van der Waals surface area contributed by atoms with E-state index in [-0.39, 0.29) is 19.1 Å². The van der Waals surface area contributed by atoms with Crippen molar-refractivity contribution < 1.29 is 17.7 Å². The predicted molar refractivity (Wildman–Crippen MR) is 73.6 cm³/mol. The third-order valence-corrected chi connectivity index (χ3v) is 5.55. The number of nitrogens with two attached hydrogens (primary N) is 1. The molecule has 7 nitrogen and oxygen atoms in total. The average Bonchev–Trinajstić information content (AvgIpc) is 2.46. The van der Waals surface area contributed by atoms with Crippen LogP contribution in [0.15, 0.2) is 23.1 Å². The number of halogens is 1. The van der Waals surface area contributed by atoms with Gasteiger partial charge >= 0.3 is 0 Å². The second-order valence-electron chi connectivity index (χ2n) is 4.87. The number of sulfonamides is 1. The van der Waals surface area contributed by atoms with Crippen LogP contribution in [0.2, 0.25) is 0 Å². The summed E-state index contributed by atoms with van der Waals surface area (Å²) in [4.78, 5) is 9.60. The zero-order chi connectivity index (χ0) is 15.6. The molecular formula is C12H16FN3O4S. The molecule has 0 radical (unpaired) electrons. The number of piperidine rings is 1. The van der Waals surface area contributed by atoms with E-state index in [0.29, 0.717) is 18.9 Å². The fourth-order valence-corrected chi connectivity index (χ4v) is 4.35. The van der Waals surface area contributed by atoms with Crippen molar-refractivity contribution in [2.24, 2.45) is 5.73 Å². The molecule has 0 saturated carbocycles. The molecule has 1 heterocycles. The maximum Gasteiger partial charge on any atom is 0.292 e. The maximum atomic E-state index is 13.1. The van der Waals surface area contributed by atoms with E-state index >= 15 is 0 Å². The van der Waals surface area contributed by atoms with Gasteiger partial charge in [-0.1, -0.05) is 6.42 Å². The smallest absolute Gasteiger partial charge is 0.292 e. The van der Waals surface area contributed by atoms with Gasteiger partial charge in [-0.25, -0.2) is 12.8 Å². The number of benzene rings is 1. The Balaban J connectivity index is 2.51. The molecule has 2 N–H and O–H groups in total. The minimum atomic E-state index is -4.07. The second kappa shape index (κ2) is 6.04. The number of nitro benzene ring substituents is 1. The molecular weight excluding hydrogens is 301 g/mol. The first-order chi connectivity index (χ1) is 9.87. The van der Waals surface area contributed by atoms with Crippen molar-refractivity contribution in [2.75, 3.05) is 13.1 Å². The monoisotopic (exact) mass is 317 g/mol. The number of hydrogen-bond acceptors (Lipinski definition) is 5. The van der Waals surface area contributed by atoms with E-state index < -0.39 is 31.3 Å². The summed E-state index contributed by atoms with van der Waals surface area (Å²) in [6, 6.07) is 2.08. The lowest BCUT2D eigenvalue weighted by Gasteiger charge is -2.33. The van der Waals surface area contributed by atoms with Gasteiger partial charge in [0.05, 0.1) is 11.0 Å². The van der Waals surface area contributed by atoms with Crippen molar-refractivity contribution in [1.82, 2.24) is 4.31 Å². The largest absolute Gasteiger partial charge is 0.329 e. The van der Waals surface area contributed by atoms with E-state index in [4.69, 9.17) is 5.73 Å². The molecule has 1 aliphatic heterocycles. The normalized spacial score (nSPS) is 20.4. The molecule has 21 heavy (non-hydrogen) atoms. The summed E-state index contributed by atoms with van der Waals surface area (Å²) < 4.78 is 39.6. The highest BCUT2D eigenvalue weighted by molar-refractivity contribution is 7.89. The molecule has 9 heteroatoms. The molecule has 116 valence electrons. The SMILES string of the molecule is NCC1CCCCN1S(=O)(=O)c1ccc(F)cc1[N+](=O)[O-]. The molecule has 0 spiro atoms. The van der Waals surface area contributed by atoms with Gasteiger partial charge in [0.2, 0.25) is 10.0 Å². The van der Waals surface area contributed by atoms with Crippen LogP contribution in [0.25, 0.3) is 0 Å². The Bertz CT molecular complexity index is 650. The molecule has 0 aliphatic carbocycles. The minimum Gasteiger partial charge on any atom is -0.329 e. The molecule has 0 bridgehead atoms. The van der Waals surface area contributed by atoms with E-state index in [1.54, 1.807) is 0 Å². The van der Waals surface area contributed by atoms with Crippen molar-refractivity contribution in [2.45, 2.75) is 30.2 Å². The predicted octanol–water partition coefficient (Wildman–Crippen LogP) is 1.24. The number of hydrogen-bond donors (Lipinski definition) is 1. The average molecular weight is 317 g/mol. The third-order valence-electron chi connectivity index (χ3n) is 3.55. The molecule has 1 unspecified atom stereocenters. The van der Waals surface area contributed by atoms with Crippen LogP contribution >= 0.6 is 0 Å². The lowest BCUT2D eigenvalue weighted by Crippen LogP contribution is -2.47. The van der Waals surface area contributed by atoms with E-state index in [0.717, 1.165) is 18.6 Å².